The molecule has 0 atom stereocenters. The predicted octanol–water partition coefficient (Wildman–Crippen LogP) is 4.79. The van der Waals surface area contributed by atoms with Gasteiger partial charge in [0.05, 0.1) is 22.7 Å². The van der Waals surface area contributed by atoms with Gasteiger partial charge in [0.15, 0.2) is 5.78 Å². The van der Waals surface area contributed by atoms with Crippen LogP contribution in [0.1, 0.15) is 43.6 Å². The Balaban J connectivity index is 3.52. The lowest BCUT2D eigenvalue weighted by Crippen LogP contribution is -2.21. The summed E-state index contributed by atoms with van der Waals surface area (Å²) < 4.78 is 5.24. The molecule has 0 spiro atoms. The van der Waals surface area contributed by atoms with Crippen LogP contribution in [0.25, 0.3) is 0 Å². The Bertz CT molecular complexity index is 474. The summed E-state index contributed by atoms with van der Waals surface area (Å²) in [6, 6.07) is 1.66. The van der Waals surface area contributed by atoms with Gasteiger partial charge in [-0.1, -0.05) is 50.9 Å². The summed E-state index contributed by atoms with van der Waals surface area (Å²) in [5.41, 5.74) is 0.687. The van der Waals surface area contributed by atoms with E-state index in [4.69, 9.17) is 27.9 Å². The van der Waals surface area contributed by atoms with E-state index >= 15 is 0 Å². The summed E-state index contributed by atoms with van der Waals surface area (Å²) in [6.07, 6.45) is 0.684. The highest BCUT2D eigenvalue weighted by molar-refractivity contribution is 6.40. The average molecular weight is 289 g/mol. The van der Waals surface area contributed by atoms with Gasteiger partial charge >= 0.3 is 0 Å². The topological polar surface area (TPSA) is 26.3 Å². The maximum absolute atomic E-state index is 12.4. The second-order valence-electron chi connectivity index (χ2n) is 5.16. The Morgan fingerprint density at radius 1 is 1.33 bits per heavy atom. The van der Waals surface area contributed by atoms with Crippen molar-refractivity contribution in [2.45, 2.75) is 34.1 Å². The lowest BCUT2D eigenvalue weighted by atomic mass is 9.85. The smallest absolute Gasteiger partial charge is 0.171 e. The summed E-state index contributed by atoms with van der Waals surface area (Å²) in [4.78, 5) is 12.4. The predicted molar refractivity (Wildman–Crippen MR) is 76.2 cm³/mol. The van der Waals surface area contributed by atoms with Crippen LogP contribution in [-0.2, 0) is 6.42 Å². The molecule has 0 aliphatic carbocycles. The number of ether oxygens (including phenoxy) is 1. The van der Waals surface area contributed by atoms with Crippen molar-refractivity contribution >= 4 is 29.0 Å². The third kappa shape index (κ3) is 2.81. The highest BCUT2D eigenvalue weighted by Gasteiger charge is 2.29. The van der Waals surface area contributed by atoms with E-state index in [0.717, 1.165) is 5.56 Å². The van der Waals surface area contributed by atoms with Crippen molar-refractivity contribution in [3.8, 4) is 5.75 Å². The molecule has 0 aliphatic rings. The van der Waals surface area contributed by atoms with Gasteiger partial charge in [-0.25, -0.2) is 0 Å². The zero-order valence-electron chi connectivity index (χ0n) is 11.4. The molecular formula is C14H18Cl2O2. The van der Waals surface area contributed by atoms with Crippen LogP contribution >= 0.6 is 23.2 Å². The van der Waals surface area contributed by atoms with Crippen LogP contribution in [0.4, 0.5) is 0 Å². The Morgan fingerprint density at radius 3 is 2.28 bits per heavy atom. The van der Waals surface area contributed by atoms with Crippen molar-refractivity contribution in [3.63, 3.8) is 0 Å². The van der Waals surface area contributed by atoms with Gasteiger partial charge in [-0.2, -0.15) is 0 Å². The first-order chi connectivity index (χ1) is 8.23. The largest absolute Gasteiger partial charge is 0.496 e. The Kier molecular flexibility index (Phi) is 4.68. The number of halogens is 2. The van der Waals surface area contributed by atoms with Crippen molar-refractivity contribution in [1.29, 1.82) is 0 Å². The van der Waals surface area contributed by atoms with E-state index in [0.29, 0.717) is 27.8 Å². The number of methoxy groups -OCH3 is 1. The lowest BCUT2D eigenvalue weighted by Gasteiger charge is -2.20. The van der Waals surface area contributed by atoms with E-state index in [-0.39, 0.29) is 5.78 Å². The molecule has 0 N–H and O–H groups in total. The Hall–Kier alpha value is -0.730. The second-order valence-corrected chi connectivity index (χ2v) is 5.95. The van der Waals surface area contributed by atoms with Crippen LogP contribution in [-0.4, -0.2) is 12.9 Å². The minimum Gasteiger partial charge on any atom is -0.496 e. The minimum absolute atomic E-state index is 0.0603. The normalized spacial score (nSPS) is 11.5. The van der Waals surface area contributed by atoms with E-state index < -0.39 is 5.41 Å². The summed E-state index contributed by atoms with van der Waals surface area (Å²) in [7, 11) is 1.56. The summed E-state index contributed by atoms with van der Waals surface area (Å²) in [6.45, 7) is 7.50. The molecule has 1 aromatic carbocycles. The monoisotopic (exact) mass is 288 g/mol. The number of Topliss-reactive ketones (excluding diaryl/α,β-unsaturated/α-hetero) is 1. The Labute approximate surface area is 118 Å². The number of carbonyl (C=O) groups excluding carboxylic acids is 1. The first-order valence-electron chi connectivity index (χ1n) is 5.83. The molecule has 0 unspecified atom stereocenters. The molecular weight excluding hydrogens is 271 g/mol. The molecule has 0 fully saturated rings. The number of hydrogen-bond acceptors (Lipinski definition) is 2. The standard InChI is InChI=1S/C14H18Cl2O2/c1-6-8-10(18-5)7-9(15)11(12(8)16)13(17)14(2,3)4/h7H,6H2,1-5H3. The summed E-state index contributed by atoms with van der Waals surface area (Å²) in [5, 5.41) is 0.746. The van der Waals surface area contributed by atoms with Gasteiger partial charge in [0, 0.05) is 11.0 Å². The van der Waals surface area contributed by atoms with Gasteiger partial charge in [-0.15, -0.1) is 0 Å². The molecule has 18 heavy (non-hydrogen) atoms. The van der Waals surface area contributed by atoms with Gasteiger partial charge in [0.1, 0.15) is 5.75 Å². The van der Waals surface area contributed by atoms with E-state index in [2.05, 4.69) is 0 Å². The third-order valence-corrected chi connectivity index (χ3v) is 3.48. The number of carbonyl (C=O) groups is 1. The molecule has 0 heterocycles. The molecule has 0 saturated carbocycles. The second kappa shape index (κ2) is 5.50. The van der Waals surface area contributed by atoms with Crippen LogP contribution in [0.15, 0.2) is 6.07 Å². The van der Waals surface area contributed by atoms with Crippen LogP contribution in [0, 0.1) is 5.41 Å². The molecule has 0 bridgehead atoms. The molecule has 100 valence electrons. The van der Waals surface area contributed by atoms with Crippen LogP contribution in [0.2, 0.25) is 10.0 Å². The molecule has 1 aromatic rings. The molecule has 0 saturated heterocycles. The van der Waals surface area contributed by atoms with Crippen LogP contribution in [0.3, 0.4) is 0 Å². The third-order valence-electron chi connectivity index (χ3n) is 2.76. The SMILES string of the molecule is CCc1c(OC)cc(Cl)c(C(=O)C(C)(C)C)c1Cl. The van der Waals surface area contributed by atoms with Crippen molar-refractivity contribution < 1.29 is 9.53 Å². The van der Waals surface area contributed by atoms with Gasteiger partial charge in [0.2, 0.25) is 0 Å². The maximum Gasteiger partial charge on any atom is 0.171 e. The molecule has 0 aromatic heterocycles. The van der Waals surface area contributed by atoms with E-state index in [1.165, 1.54) is 0 Å². The van der Waals surface area contributed by atoms with Crippen LogP contribution in [0.5, 0.6) is 5.75 Å². The first-order valence-corrected chi connectivity index (χ1v) is 6.59. The van der Waals surface area contributed by atoms with Gasteiger partial charge < -0.3 is 4.74 Å². The minimum atomic E-state index is -0.521. The zero-order chi connectivity index (χ0) is 14.1. The fraction of sp³-hybridized carbons (Fsp3) is 0.500. The zero-order valence-corrected chi connectivity index (χ0v) is 12.9. The number of hydrogen-bond donors (Lipinski definition) is 0. The molecule has 2 nitrogen and oxygen atoms in total. The van der Waals surface area contributed by atoms with E-state index in [9.17, 15) is 4.79 Å². The fourth-order valence-electron chi connectivity index (χ4n) is 1.73. The Morgan fingerprint density at radius 2 is 1.89 bits per heavy atom. The maximum atomic E-state index is 12.4. The average Bonchev–Trinajstić information content (AvgIpc) is 2.26. The molecule has 0 amide bonds. The van der Waals surface area contributed by atoms with Crippen molar-refractivity contribution in [3.05, 3.63) is 27.2 Å². The lowest BCUT2D eigenvalue weighted by molar-refractivity contribution is 0.0858. The summed E-state index contributed by atoms with van der Waals surface area (Å²) in [5.74, 6) is 0.563. The van der Waals surface area contributed by atoms with Crippen molar-refractivity contribution in [1.82, 2.24) is 0 Å². The molecule has 0 aliphatic heterocycles. The molecule has 1 rings (SSSR count). The summed E-state index contributed by atoms with van der Waals surface area (Å²) >= 11 is 12.5. The molecule has 4 heteroatoms. The highest BCUT2D eigenvalue weighted by Crippen LogP contribution is 2.38. The number of rotatable bonds is 3. The van der Waals surface area contributed by atoms with Crippen molar-refractivity contribution in [2.75, 3.05) is 7.11 Å². The molecule has 0 radical (unpaired) electrons. The van der Waals surface area contributed by atoms with Crippen LogP contribution < -0.4 is 4.74 Å². The fourth-order valence-corrected chi connectivity index (χ4v) is 2.48. The van der Waals surface area contributed by atoms with Gasteiger partial charge in [0.25, 0.3) is 0 Å². The van der Waals surface area contributed by atoms with E-state index in [1.807, 2.05) is 27.7 Å². The highest BCUT2D eigenvalue weighted by atomic mass is 35.5. The van der Waals surface area contributed by atoms with Gasteiger partial charge in [-0.05, 0) is 12.5 Å². The number of ketones is 1. The van der Waals surface area contributed by atoms with Crippen molar-refractivity contribution in [2.24, 2.45) is 5.41 Å². The van der Waals surface area contributed by atoms with Gasteiger partial charge in [-0.3, -0.25) is 4.79 Å². The first kappa shape index (κ1) is 15.3. The quantitative estimate of drug-likeness (QED) is 0.747. The van der Waals surface area contributed by atoms with E-state index in [1.54, 1.807) is 13.2 Å². The number of benzene rings is 1.